The van der Waals surface area contributed by atoms with Crippen LogP contribution in [0.5, 0.6) is 0 Å². The standard InChI is InChI=1S/C15H19ClN4O3S/c1-2-14-17-18-15(23-14)11-19-7-9-20(10-8-19)24(21,22)13-6-4-3-5-12(13)16/h3-6H,2,7-11H2,1H3. The first-order valence-electron chi connectivity index (χ1n) is 7.79. The molecule has 3 rings (SSSR count). The minimum absolute atomic E-state index is 0.157. The lowest BCUT2D eigenvalue weighted by Crippen LogP contribution is -2.48. The van der Waals surface area contributed by atoms with Crippen molar-refractivity contribution in [2.24, 2.45) is 0 Å². The van der Waals surface area contributed by atoms with Gasteiger partial charge >= 0.3 is 0 Å². The van der Waals surface area contributed by atoms with Crippen LogP contribution >= 0.6 is 11.6 Å². The molecule has 0 bridgehead atoms. The zero-order chi connectivity index (χ0) is 17.2. The number of aryl methyl sites for hydroxylation is 1. The Balaban J connectivity index is 1.63. The summed E-state index contributed by atoms with van der Waals surface area (Å²) in [6, 6.07) is 6.52. The van der Waals surface area contributed by atoms with Gasteiger partial charge in [0.25, 0.3) is 0 Å². The Morgan fingerprint density at radius 2 is 1.79 bits per heavy atom. The van der Waals surface area contributed by atoms with E-state index in [1.807, 2.05) is 6.92 Å². The maximum Gasteiger partial charge on any atom is 0.244 e. The van der Waals surface area contributed by atoms with E-state index in [2.05, 4.69) is 15.1 Å². The fourth-order valence-corrected chi connectivity index (χ4v) is 4.52. The van der Waals surface area contributed by atoms with Crippen LogP contribution in [0.15, 0.2) is 33.6 Å². The molecule has 2 aromatic rings. The zero-order valence-corrected chi connectivity index (χ0v) is 14.9. The summed E-state index contributed by atoms with van der Waals surface area (Å²) in [6.45, 7) is 4.51. The average molecular weight is 371 g/mol. The van der Waals surface area contributed by atoms with Gasteiger partial charge in [0.2, 0.25) is 21.8 Å². The molecule has 1 aromatic carbocycles. The van der Waals surface area contributed by atoms with Crippen LogP contribution in [0.2, 0.25) is 5.02 Å². The lowest BCUT2D eigenvalue weighted by Gasteiger charge is -2.33. The van der Waals surface area contributed by atoms with Gasteiger partial charge in [-0.2, -0.15) is 4.31 Å². The first-order chi connectivity index (χ1) is 11.5. The summed E-state index contributed by atoms with van der Waals surface area (Å²) >= 11 is 6.04. The van der Waals surface area contributed by atoms with Gasteiger partial charge in [-0.15, -0.1) is 10.2 Å². The van der Waals surface area contributed by atoms with E-state index >= 15 is 0 Å². The van der Waals surface area contributed by atoms with Gasteiger partial charge in [-0.25, -0.2) is 8.42 Å². The van der Waals surface area contributed by atoms with Gasteiger partial charge in [0.1, 0.15) is 4.90 Å². The van der Waals surface area contributed by atoms with Gasteiger partial charge in [-0.3, -0.25) is 4.90 Å². The predicted molar refractivity (Wildman–Crippen MR) is 89.2 cm³/mol. The fraction of sp³-hybridized carbons (Fsp3) is 0.467. The molecule has 2 heterocycles. The predicted octanol–water partition coefficient (Wildman–Crippen LogP) is 1.79. The van der Waals surface area contributed by atoms with Crippen molar-refractivity contribution in [3.63, 3.8) is 0 Å². The first kappa shape index (κ1) is 17.3. The Labute approximate surface area is 146 Å². The van der Waals surface area contributed by atoms with Crippen LogP contribution in [0.4, 0.5) is 0 Å². The van der Waals surface area contributed by atoms with Gasteiger partial charge in [0, 0.05) is 32.6 Å². The van der Waals surface area contributed by atoms with Crippen LogP contribution < -0.4 is 0 Å². The number of piperazine rings is 1. The number of aromatic nitrogens is 2. The monoisotopic (exact) mass is 370 g/mol. The number of benzene rings is 1. The minimum Gasteiger partial charge on any atom is -0.424 e. The molecule has 0 amide bonds. The summed E-state index contributed by atoms with van der Waals surface area (Å²) in [4.78, 5) is 2.26. The van der Waals surface area contributed by atoms with E-state index in [4.69, 9.17) is 16.0 Å². The molecule has 1 saturated heterocycles. The lowest BCUT2D eigenvalue weighted by molar-refractivity contribution is 0.167. The molecule has 1 fully saturated rings. The highest BCUT2D eigenvalue weighted by molar-refractivity contribution is 7.89. The second kappa shape index (κ2) is 7.18. The molecule has 0 aliphatic carbocycles. The van der Waals surface area contributed by atoms with Gasteiger partial charge < -0.3 is 4.42 Å². The second-order valence-corrected chi connectivity index (χ2v) is 7.87. The molecule has 130 valence electrons. The lowest BCUT2D eigenvalue weighted by atomic mass is 10.3. The molecular weight excluding hydrogens is 352 g/mol. The Morgan fingerprint density at radius 3 is 2.42 bits per heavy atom. The summed E-state index contributed by atoms with van der Waals surface area (Å²) in [7, 11) is -3.57. The van der Waals surface area contributed by atoms with Crippen LogP contribution in [0.3, 0.4) is 0 Å². The highest BCUT2D eigenvalue weighted by Gasteiger charge is 2.30. The van der Waals surface area contributed by atoms with Crippen molar-refractivity contribution in [1.29, 1.82) is 0 Å². The van der Waals surface area contributed by atoms with Crippen molar-refractivity contribution in [3.8, 4) is 0 Å². The smallest absolute Gasteiger partial charge is 0.244 e. The fourth-order valence-electron chi connectivity index (χ4n) is 2.61. The highest BCUT2D eigenvalue weighted by Crippen LogP contribution is 2.25. The third-order valence-corrected chi connectivity index (χ3v) is 6.35. The number of nitrogens with zero attached hydrogens (tertiary/aromatic N) is 4. The highest BCUT2D eigenvalue weighted by atomic mass is 35.5. The topological polar surface area (TPSA) is 79.5 Å². The molecule has 0 N–H and O–H groups in total. The van der Waals surface area contributed by atoms with E-state index in [0.29, 0.717) is 50.9 Å². The molecule has 0 saturated carbocycles. The van der Waals surface area contributed by atoms with Crippen LogP contribution in [0.25, 0.3) is 0 Å². The van der Waals surface area contributed by atoms with Crippen LogP contribution in [0.1, 0.15) is 18.7 Å². The normalized spacial score (nSPS) is 17.2. The van der Waals surface area contributed by atoms with E-state index in [1.54, 1.807) is 18.2 Å². The largest absolute Gasteiger partial charge is 0.424 e. The van der Waals surface area contributed by atoms with E-state index in [-0.39, 0.29) is 9.92 Å². The molecule has 1 aliphatic heterocycles. The van der Waals surface area contributed by atoms with Gasteiger partial charge in [0.05, 0.1) is 11.6 Å². The molecule has 0 radical (unpaired) electrons. The number of sulfonamides is 1. The van der Waals surface area contributed by atoms with Gasteiger partial charge in [-0.05, 0) is 12.1 Å². The van der Waals surface area contributed by atoms with E-state index in [0.717, 1.165) is 0 Å². The summed E-state index contributed by atoms with van der Waals surface area (Å²) < 4.78 is 32.4. The molecular formula is C15H19ClN4O3S. The van der Waals surface area contributed by atoms with Gasteiger partial charge in [0.15, 0.2) is 0 Å². The number of halogens is 1. The maximum absolute atomic E-state index is 12.7. The number of rotatable bonds is 5. The Hall–Kier alpha value is -1.48. The Bertz CT molecular complexity index is 801. The summed E-state index contributed by atoms with van der Waals surface area (Å²) in [6.07, 6.45) is 0.705. The van der Waals surface area contributed by atoms with Gasteiger partial charge in [-0.1, -0.05) is 30.7 Å². The van der Waals surface area contributed by atoms with Crippen molar-refractivity contribution >= 4 is 21.6 Å². The first-order valence-corrected chi connectivity index (χ1v) is 9.61. The molecule has 0 atom stereocenters. The average Bonchev–Trinajstić information content (AvgIpc) is 3.03. The van der Waals surface area contributed by atoms with Crippen molar-refractivity contribution in [1.82, 2.24) is 19.4 Å². The number of hydrogen-bond acceptors (Lipinski definition) is 6. The van der Waals surface area contributed by atoms with E-state index < -0.39 is 10.0 Å². The molecule has 24 heavy (non-hydrogen) atoms. The second-order valence-electron chi connectivity index (χ2n) is 5.55. The van der Waals surface area contributed by atoms with Crippen LogP contribution in [-0.2, 0) is 23.0 Å². The number of hydrogen-bond donors (Lipinski definition) is 0. The molecule has 0 spiro atoms. The van der Waals surface area contributed by atoms with Crippen molar-refractivity contribution < 1.29 is 12.8 Å². The van der Waals surface area contributed by atoms with Crippen molar-refractivity contribution in [2.75, 3.05) is 26.2 Å². The molecule has 0 unspecified atom stereocenters. The quantitative estimate of drug-likeness (QED) is 0.798. The van der Waals surface area contributed by atoms with Crippen LogP contribution in [0, 0.1) is 0 Å². The van der Waals surface area contributed by atoms with E-state index in [1.165, 1.54) is 10.4 Å². The Morgan fingerprint density at radius 1 is 1.12 bits per heavy atom. The summed E-state index contributed by atoms with van der Waals surface area (Å²) in [5.41, 5.74) is 0. The third kappa shape index (κ3) is 3.61. The maximum atomic E-state index is 12.7. The molecule has 1 aliphatic rings. The zero-order valence-electron chi connectivity index (χ0n) is 13.4. The summed E-state index contributed by atoms with van der Waals surface area (Å²) in [5, 5.41) is 8.19. The molecule has 7 nitrogen and oxygen atoms in total. The molecule has 9 heteroatoms. The van der Waals surface area contributed by atoms with Crippen LogP contribution in [-0.4, -0.2) is 54.0 Å². The van der Waals surface area contributed by atoms with E-state index in [9.17, 15) is 8.42 Å². The summed E-state index contributed by atoms with van der Waals surface area (Å²) in [5.74, 6) is 1.18. The van der Waals surface area contributed by atoms with Crippen molar-refractivity contribution in [2.45, 2.75) is 24.8 Å². The van der Waals surface area contributed by atoms with Crippen molar-refractivity contribution in [3.05, 3.63) is 41.1 Å². The SMILES string of the molecule is CCc1nnc(CN2CCN(S(=O)(=O)c3ccccc3Cl)CC2)o1. The Kier molecular flexibility index (Phi) is 5.19. The minimum atomic E-state index is -3.57. The molecule has 1 aromatic heterocycles. The third-order valence-electron chi connectivity index (χ3n) is 3.96.